The van der Waals surface area contributed by atoms with Crippen molar-refractivity contribution >= 4 is 0 Å². The second-order valence-corrected chi connectivity index (χ2v) is 5.20. The first-order valence-corrected chi connectivity index (χ1v) is 7.29. The third-order valence-electron chi connectivity index (χ3n) is 3.54. The van der Waals surface area contributed by atoms with Crippen LogP contribution in [-0.2, 0) is 6.42 Å². The van der Waals surface area contributed by atoms with Gasteiger partial charge >= 0.3 is 5.76 Å². The molecule has 0 atom stereocenters. The van der Waals surface area contributed by atoms with Gasteiger partial charge < -0.3 is 0 Å². The summed E-state index contributed by atoms with van der Waals surface area (Å²) in [5.74, 6) is -0.852. The molecule has 0 fully saturated rings. The molecule has 0 radical (unpaired) electrons. The molecule has 3 rings (SSSR count). The van der Waals surface area contributed by atoms with Crippen LogP contribution in [0.25, 0.3) is 17.2 Å². The highest BCUT2D eigenvalue weighted by molar-refractivity contribution is 5.55. The summed E-state index contributed by atoms with van der Waals surface area (Å²) in [6.45, 7) is 3.67. The molecule has 8 heteroatoms. The molecule has 23 heavy (non-hydrogen) atoms. The van der Waals surface area contributed by atoms with E-state index in [2.05, 4.69) is 22.4 Å². The van der Waals surface area contributed by atoms with Crippen LogP contribution < -0.4 is 5.76 Å². The molecule has 0 unspecified atom stereocenters. The van der Waals surface area contributed by atoms with Crippen molar-refractivity contribution in [3.8, 4) is 17.2 Å². The van der Waals surface area contributed by atoms with Crippen LogP contribution in [-0.4, -0.2) is 20.0 Å². The summed E-state index contributed by atoms with van der Waals surface area (Å²) < 4.78 is 24.2. The van der Waals surface area contributed by atoms with Crippen molar-refractivity contribution in [2.75, 3.05) is 0 Å². The van der Waals surface area contributed by atoms with Gasteiger partial charge in [0.15, 0.2) is 5.69 Å². The Bertz CT molecular complexity index is 881. The van der Waals surface area contributed by atoms with E-state index in [4.69, 9.17) is 9.15 Å². The van der Waals surface area contributed by atoms with E-state index in [1.807, 2.05) is 0 Å². The largest absolute Gasteiger partial charge is 0.446 e. The first kappa shape index (κ1) is 15.1. The molecule has 0 aliphatic carbocycles. The van der Waals surface area contributed by atoms with Crippen molar-refractivity contribution in [3.05, 3.63) is 45.8 Å². The highest BCUT2D eigenvalue weighted by Crippen LogP contribution is 2.22. The molecule has 2 aromatic heterocycles. The molecule has 0 saturated carbocycles. The summed E-state index contributed by atoms with van der Waals surface area (Å²) >= 11 is 0. The van der Waals surface area contributed by atoms with Gasteiger partial charge in [0, 0.05) is 0 Å². The number of nitrogens with zero attached hydrogens (tertiary/aromatic N) is 4. The maximum Gasteiger partial charge on any atom is 0.446 e. The van der Waals surface area contributed by atoms with Gasteiger partial charge in [-0.25, -0.2) is 18.4 Å². The Hall–Kier alpha value is -2.77. The third-order valence-corrected chi connectivity index (χ3v) is 3.54. The number of benzene rings is 1. The zero-order chi connectivity index (χ0) is 16.4. The van der Waals surface area contributed by atoms with E-state index in [1.165, 1.54) is 22.8 Å². The Morgan fingerprint density at radius 1 is 1.26 bits per heavy atom. The van der Waals surface area contributed by atoms with Crippen LogP contribution in [0.4, 0.5) is 4.39 Å². The van der Waals surface area contributed by atoms with Crippen LogP contribution in [0.3, 0.4) is 0 Å². The van der Waals surface area contributed by atoms with E-state index >= 15 is 0 Å². The van der Waals surface area contributed by atoms with Gasteiger partial charge in [0.2, 0.25) is 5.82 Å². The van der Waals surface area contributed by atoms with Gasteiger partial charge in [0.25, 0.3) is 0 Å². The summed E-state index contributed by atoms with van der Waals surface area (Å²) in [5, 5.41) is 11.5. The van der Waals surface area contributed by atoms with Crippen molar-refractivity contribution in [3.63, 3.8) is 0 Å². The Kier molecular flexibility index (Phi) is 4.05. The van der Waals surface area contributed by atoms with Crippen LogP contribution >= 0.6 is 0 Å². The first-order valence-electron chi connectivity index (χ1n) is 7.29. The number of hydrogen-bond acceptors (Lipinski definition) is 6. The molecule has 0 N–H and O–H groups in total. The number of aromatic nitrogens is 4. The van der Waals surface area contributed by atoms with E-state index in [1.54, 1.807) is 6.92 Å². The molecule has 0 saturated heterocycles. The van der Waals surface area contributed by atoms with Gasteiger partial charge in [-0.3, -0.25) is 4.52 Å². The van der Waals surface area contributed by atoms with Crippen molar-refractivity contribution in [2.24, 2.45) is 0 Å². The predicted octanol–water partition coefficient (Wildman–Crippen LogP) is 2.67. The molecule has 0 bridgehead atoms. The summed E-state index contributed by atoms with van der Waals surface area (Å²) in [4.78, 5) is 12.0. The van der Waals surface area contributed by atoms with E-state index in [0.717, 1.165) is 12.8 Å². The fourth-order valence-corrected chi connectivity index (χ4v) is 2.28. The average Bonchev–Trinajstić information content (AvgIpc) is 3.14. The predicted molar refractivity (Wildman–Crippen MR) is 78.7 cm³/mol. The zero-order valence-electron chi connectivity index (χ0n) is 12.7. The van der Waals surface area contributed by atoms with E-state index in [0.29, 0.717) is 29.1 Å². The smallest absolute Gasteiger partial charge is 0.295 e. The monoisotopic (exact) mass is 318 g/mol. The van der Waals surface area contributed by atoms with Crippen LogP contribution in [0.5, 0.6) is 0 Å². The second kappa shape index (κ2) is 6.15. The van der Waals surface area contributed by atoms with Crippen molar-refractivity contribution in [2.45, 2.75) is 33.1 Å². The Morgan fingerprint density at radius 2 is 2.09 bits per heavy atom. The Morgan fingerprint density at radius 3 is 2.83 bits per heavy atom. The minimum absolute atomic E-state index is 0.188. The molecular formula is C15H15FN4O3. The summed E-state index contributed by atoms with van der Waals surface area (Å²) in [6, 6.07) is 4.30. The van der Waals surface area contributed by atoms with Gasteiger partial charge in [-0.2, -0.15) is 0 Å². The molecule has 0 amide bonds. The molecule has 1 aromatic carbocycles. The van der Waals surface area contributed by atoms with Crippen LogP contribution in [0.2, 0.25) is 0 Å². The summed E-state index contributed by atoms with van der Waals surface area (Å²) in [6.07, 6.45) is 2.53. The number of rotatable bonds is 5. The number of unbranched alkanes of at least 4 members (excludes halogenated alkanes) is 1. The van der Waals surface area contributed by atoms with Crippen molar-refractivity contribution in [1.29, 1.82) is 0 Å². The molecule has 0 aliphatic heterocycles. The summed E-state index contributed by atoms with van der Waals surface area (Å²) in [5.41, 5.74) is 1.81. The lowest BCUT2D eigenvalue weighted by atomic mass is 10.1. The Labute approximate surface area is 130 Å². The van der Waals surface area contributed by atoms with Gasteiger partial charge in [-0.15, -0.1) is 0 Å². The van der Waals surface area contributed by atoms with Crippen molar-refractivity contribution < 1.29 is 13.5 Å². The molecule has 0 aliphatic rings. The normalized spacial score (nSPS) is 11.1. The summed E-state index contributed by atoms with van der Waals surface area (Å²) in [7, 11) is 0. The molecule has 7 nitrogen and oxygen atoms in total. The number of hydrogen-bond donors (Lipinski definition) is 0. The van der Waals surface area contributed by atoms with Gasteiger partial charge in [0.1, 0.15) is 11.5 Å². The maximum absolute atomic E-state index is 13.5. The average molecular weight is 318 g/mol. The lowest BCUT2D eigenvalue weighted by molar-refractivity contribution is 0.303. The second-order valence-electron chi connectivity index (χ2n) is 5.20. The fraction of sp³-hybridized carbons (Fsp3) is 0.333. The van der Waals surface area contributed by atoms with E-state index in [-0.39, 0.29) is 11.6 Å². The lowest BCUT2D eigenvalue weighted by Crippen LogP contribution is -2.14. The van der Waals surface area contributed by atoms with E-state index < -0.39 is 5.76 Å². The highest BCUT2D eigenvalue weighted by Gasteiger charge is 2.22. The SMILES string of the molecule is CCCCc1nonc1-c1noc(=O)n1-c1ccc(F)c(C)c1. The number of halogens is 1. The highest BCUT2D eigenvalue weighted by atomic mass is 19.1. The number of aryl methyl sites for hydroxylation is 2. The van der Waals surface area contributed by atoms with Gasteiger partial charge in [-0.1, -0.05) is 23.7 Å². The minimum atomic E-state index is -0.685. The zero-order valence-corrected chi connectivity index (χ0v) is 12.7. The fourth-order valence-electron chi connectivity index (χ4n) is 2.28. The van der Waals surface area contributed by atoms with Crippen LogP contribution in [0.1, 0.15) is 31.0 Å². The molecule has 2 heterocycles. The molecular weight excluding hydrogens is 303 g/mol. The van der Waals surface area contributed by atoms with E-state index in [9.17, 15) is 9.18 Å². The van der Waals surface area contributed by atoms with Gasteiger partial charge in [-0.05, 0) is 48.7 Å². The quantitative estimate of drug-likeness (QED) is 0.719. The standard InChI is InChI=1S/C15H15FN4O3/c1-3-4-5-12-13(18-23-17-12)14-19-22-15(21)20(14)10-6-7-11(16)9(2)8-10/h6-8H,3-5H2,1-2H3. The van der Waals surface area contributed by atoms with Crippen molar-refractivity contribution in [1.82, 2.24) is 20.0 Å². The van der Waals surface area contributed by atoms with Crippen LogP contribution in [0, 0.1) is 12.7 Å². The molecule has 120 valence electrons. The van der Waals surface area contributed by atoms with Gasteiger partial charge in [0.05, 0.1) is 5.69 Å². The molecule has 3 aromatic rings. The third kappa shape index (κ3) is 2.79. The van der Waals surface area contributed by atoms with Crippen LogP contribution in [0.15, 0.2) is 32.1 Å². The maximum atomic E-state index is 13.5. The lowest BCUT2D eigenvalue weighted by Gasteiger charge is -2.05. The Balaban J connectivity index is 2.11. The minimum Gasteiger partial charge on any atom is -0.295 e. The molecule has 0 spiro atoms. The topological polar surface area (TPSA) is 87.0 Å². The first-order chi connectivity index (χ1) is 11.1.